The topological polar surface area (TPSA) is 76.2 Å². The number of amides is 1. The van der Waals surface area contributed by atoms with Crippen LogP contribution in [0, 0.1) is 0 Å². The van der Waals surface area contributed by atoms with E-state index in [0.717, 1.165) is 16.1 Å². The molecule has 1 aliphatic heterocycles. The van der Waals surface area contributed by atoms with E-state index in [1.807, 2.05) is 48.7 Å². The number of benzene rings is 2. The Balaban J connectivity index is 1.61. The van der Waals surface area contributed by atoms with E-state index in [9.17, 15) is 4.79 Å². The summed E-state index contributed by atoms with van der Waals surface area (Å²) in [5.74, 6) is 1.16. The number of hydrogen-bond acceptors (Lipinski definition) is 5. The lowest BCUT2D eigenvalue weighted by Crippen LogP contribution is -2.15. The van der Waals surface area contributed by atoms with E-state index in [0.29, 0.717) is 36.0 Å². The fourth-order valence-corrected chi connectivity index (χ4v) is 3.24. The minimum atomic E-state index is -0.220. The molecule has 0 radical (unpaired) electrons. The van der Waals surface area contributed by atoms with Gasteiger partial charge in [0.05, 0.1) is 17.5 Å². The molecule has 132 valence electrons. The Hall–Kier alpha value is -2.93. The number of nitrogens with one attached hydrogen (secondary N) is 2. The summed E-state index contributed by atoms with van der Waals surface area (Å²) in [6.45, 7) is 1.05. The number of anilines is 1. The molecule has 0 saturated heterocycles. The van der Waals surface area contributed by atoms with Crippen LogP contribution in [0.5, 0.6) is 11.5 Å². The first-order chi connectivity index (χ1) is 12.7. The van der Waals surface area contributed by atoms with Gasteiger partial charge in [-0.1, -0.05) is 6.07 Å². The summed E-state index contributed by atoms with van der Waals surface area (Å²) in [6, 6.07) is 13.3. The average Bonchev–Trinajstić information content (AvgIpc) is 3.18. The van der Waals surface area contributed by atoms with E-state index in [2.05, 4.69) is 15.5 Å². The molecule has 2 heterocycles. The molecule has 0 atom stereocenters. The van der Waals surface area contributed by atoms with Crippen molar-refractivity contribution in [2.75, 3.05) is 24.8 Å². The number of hydrogen-bond donors (Lipinski definition) is 2. The first-order valence-electron chi connectivity index (χ1n) is 8.13. The molecule has 6 nitrogen and oxygen atoms in total. The zero-order chi connectivity index (χ0) is 17.9. The molecule has 26 heavy (non-hydrogen) atoms. The Bertz CT molecular complexity index is 955. The summed E-state index contributed by atoms with van der Waals surface area (Å²) in [5, 5.41) is 9.88. The maximum atomic E-state index is 12.7. The monoisotopic (exact) mass is 367 g/mol. The van der Waals surface area contributed by atoms with Crippen LogP contribution in [0.1, 0.15) is 10.4 Å². The molecule has 1 amide bonds. The maximum Gasteiger partial charge on any atom is 0.259 e. The largest absolute Gasteiger partial charge is 0.486 e. The van der Waals surface area contributed by atoms with Crippen molar-refractivity contribution in [2.24, 2.45) is 0 Å². The van der Waals surface area contributed by atoms with Gasteiger partial charge in [-0.2, -0.15) is 5.10 Å². The Kier molecular flexibility index (Phi) is 4.53. The lowest BCUT2D eigenvalue weighted by Gasteiger charge is -2.18. The van der Waals surface area contributed by atoms with Crippen molar-refractivity contribution in [1.82, 2.24) is 10.2 Å². The van der Waals surface area contributed by atoms with Crippen molar-refractivity contribution in [3.63, 3.8) is 0 Å². The van der Waals surface area contributed by atoms with E-state index in [-0.39, 0.29) is 5.91 Å². The van der Waals surface area contributed by atoms with E-state index in [1.54, 1.807) is 11.8 Å². The lowest BCUT2D eigenvalue weighted by molar-refractivity contribution is 0.102. The van der Waals surface area contributed by atoms with E-state index >= 15 is 0 Å². The van der Waals surface area contributed by atoms with Gasteiger partial charge in [-0.25, -0.2) is 0 Å². The average molecular weight is 367 g/mol. The summed E-state index contributed by atoms with van der Waals surface area (Å²) >= 11 is 1.63. The number of rotatable bonds is 4. The highest BCUT2D eigenvalue weighted by atomic mass is 32.2. The van der Waals surface area contributed by atoms with Crippen LogP contribution in [0.25, 0.3) is 11.3 Å². The Morgan fingerprint density at radius 2 is 2.00 bits per heavy atom. The van der Waals surface area contributed by atoms with Gasteiger partial charge in [0.15, 0.2) is 11.5 Å². The number of thioether (sulfide) groups is 1. The smallest absolute Gasteiger partial charge is 0.259 e. The van der Waals surface area contributed by atoms with Crippen molar-refractivity contribution >= 4 is 23.4 Å². The molecule has 2 aromatic carbocycles. The number of aromatic amines is 1. The second kappa shape index (κ2) is 7.13. The first-order valence-corrected chi connectivity index (χ1v) is 9.36. The Morgan fingerprint density at radius 1 is 1.15 bits per heavy atom. The third-order valence-corrected chi connectivity index (χ3v) is 4.77. The van der Waals surface area contributed by atoms with Gasteiger partial charge in [0, 0.05) is 16.1 Å². The van der Waals surface area contributed by atoms with Gasteiger partial charge in [-0.05, 0) is 42.7 Å². The Morgan fingerprint density at radius 3 is 2.85 bits per heavy atom. The predicted octanol–water partition coefficient (Wildman–Crippen LogP) is 3.82. The number of H-pyrrole nitrogens is 1. The van der Waals surface area contributed by atoms with Gasteiger partial charge < -0.3 is 14.8 Å². The van der Waals surface area contributed by atoms with Gasteiger partial charge in [0.25, 0.3) is 5.91 Å². The van der Waals surface area contributed by atoms with Gasteiger partial charge in [0.2, 0.25) is 0 Å². The second-order valence-electron chi connectivity index (χ2n) is 5.70. The minimum absolute atomic E-state index is 0.220. The van der Waals surface area contributed by atoms with Crippen molar-refractivity contribution in [3.05, 3.63) is 54.2 Å². The molecule has 7 heteroatoms. The van der Waals surface area contributed by atoms with Crippen LogP contribution in [-0.2, 0) is 0 Å². The molecule has 4 rings (SSSR count). The fraction of sp³-hybridized carbons (Fsp3) is 0.158. The molecular weight excluding hydrogens is 350 g/mol. The molecule has 0 unspecified atom stereocenters. The highest BCUT2D eigenvalue weighted by Crippen LogP contribution is 2.35. The number of carbonyl (C=O) groups is 1. The molecule has 3 aromatic rings. The SMILES string of the molecule is CSc1cccc(NC(=O)c2cn[nH]c2-c2ccc3c(c2)OCCO3)c1. The molecule has 0 spiro atoms. The van der Waals surface area contributed by atoms with Gasteiger partial charge >= 0.3 is 0 Å². The van der Waals surface area contributed by atoms with E-state index < -0.39 is 0 Å². The third kappa shape index (κ3) is 3.25. The standard InChI is InChI=1S/C19H17N3O3S/c1-26-14-4-2-3-13(10-14)21-19(23)15-11-20-22-18(15)12-5-6-16-17(9-12)25-8-7-24-16/h2-6,9-11H,7-8H2,1H3,(H,20,22)(H,21,23). The number of nitrogens with zero attached hydrogens (tertiary/aromatic N) is 1. The summed E-state index contributed by atoms with van der Waals surface area (Å²) < 4.78 is 11.2. The molecule has 0 fully saturated rings. The lowest BCUT2D eigenvalue weighted by atomic mass is 10.1. The summed E-state index contributed by atoms with van der Waals surface area (Å²) in [6.07, 6.45) is 3.52. The van der Waals surface area contributed by atoms with Gasteiger partial charge in [-0.3, -0.25) is 9.89 Å². The van der Waals surface area contributed by atoms with E-state index in [1.165, 1.54) is 6.20 Å². The van der Waals surface area contributed by atoms with Crippen LogP contribution in [0.15, 0.2) is 53.6 Å². The Labute approximate surface area is 154 Å². The quantitative estimate of drug-likeness (QED) is 0.686. The van der Waals surface area contributed by atoms with Crippen LogP contribution in [0.4, 0.5) is 5.69 Å². The number of aromatic nitrogens is 2. The molecule has 1 aliphatic rings. The van der Waals surface area contributed by atoms with E-state index in [4.69, 9.17) is 9.47 Å². The molecule has 0 saturated carbocycles. The minimum Gasteiger partial charge on any atom is -0.486 e. The number of fused-ring (bicyclic) bond motifs is 1. The van der Waals surface area contributed by atoms with Gasteiger partial charge in [-0.15, -0.1) is 11.8 Å². The van der Waals surface area contributed by atoms with Crippen LogP contribution < -0.4 is 14.8 Å². The van der Waals surface area contributed by atoms with Crippen molar-refractivity contribution in [3.8, 4) is 22.8 Å². The fourth-order valence-electron chi connectivity index (χ4n) is 2.78. The summed E-state index contributed by atoms with van der Waals surface area (Å²) in [7, 11) is 0. The zero-order valence-electron chi connectivity index (χ0n) is 14.1. The van der Waals surface area contributed by atoms with Crippen molar-refractivity contribution in [2.45, 2.75) is 4.90 Å². The van der Waals surface area contributed by atoms with Crippen molar-refractivity contribution < 1.29 is 14.3 Å². The maximum absolute atomic E-state index is 12.7. The highest BCUT2D eigenvalue weighted by Gasteiger charge is 2.18. The predicted molar refractivity (Wildman–Crippen MR) is 101 cm³/mol. The van der Waals surface area contributed by atoms with Crippen LogP contribution >= 0.6 is 11.8 Å². The number of ether oxygens (including phenoxy) is 2. The van der Waals surface area contributed by atoms with Gasteiger partial charge in [0.1, 0.15) is 13.2 Å². The first kappa shape index (κ1) is 16.5. The van der Waals surface area contributed by atoms with Crippen LogP contribution in [0.3, 0.4) is 0 Å². The molecule has 0 aliphatic carbocycles. The molecule has 0 bridgehead atoms. The summed E-state index contributed by atoms with van der Waals surface area (Å²) in [4.78, 5) is 13.8. The summed E-state index contributed by atoms with van der Waals surface area (Å²) in [5.41, 5.74) is 2.67. The third-order valence-electron chi connectivity index (χ3n) is 4.04. The van der Waals surface area contributed by atoms with Crippen LogP contribution in [-0.4, -0.2) is 35.6 Å². The normalized spacial score (nSPS) is 12.7. The van der Waals surface area contributed by atoms with Crippen LogP contribution in [0.2, 0.25) is 0 Å². The highest BCUT2D eigenvalue weighted by molar-refractivity contribution is 7.98. The molecule has 2 N–H and O–H groups in total. The number of carbonyl (C=O) groups excluding carboxylic acids is 1. The molecule has 1 aromatic heterocycles. The second-order valence-corrected chi connectivity index (χ2v) is 6.58. The molecular formula is C19H17N3O3S. The zero-order valence-corrected chi connectivity index (χ0v) is 14.9. The van der Waals surface area contributed by atoms with Crippen molar-refractivity contribution in [1.29, 1.82) is 0 Å².